The molecule has 1 amide bonds. The van der Waals surface area contributed by atoms with Gasteiger partial charge in [0, 0.05) is 19.3 Å². The van der Waals surface area contributed by atoms with Gasteiger partial charge in [0.25, 0.3) is 5.91 Å². The van der Waals surface area contributed by atoms with Crippen LogP contribution in [-0.2, 0) is 10.9 Å². The Hall–Kier alpha value is -1.63. The predicted octanol–water partition coefficient (Wildman–Crippen LogP) is 3.52. The molecule has 0 N–H and O–H groups in total. The number of aromatic nitrogens is 1. The highest BCUT2D eigenvalue weighted by molar-refractivity contribution is 5.94. The van der Waals surface area contributed by atoms with Gasteiger partial charge in [-0.15, -0.1) is 0 Å². The van der Waals surface area contributed by atoms with Crippen molar-refractivity contribution in [3.63, 3.8) is 0 Å². The number of carbonyl (C=O) groups excluding carboxylic acids is 1. The molecule has 0 aliphatic carbocycles. The fraction of sp³-hybridized carbons (Fsp3) is 0.647. The lowest BCUT2D eigenvalue weighted by atomic mass is 9.91. The van der Waals surface area contributed by atoms with Crippen LogP contribution >= 0.6 is 0 Å². The van der Waals surface area contributed by atoms with Crippen LogP contribution in [0, 0.1) is 5.92 Å². The van der Waals surface area contributed by atoms with Crippen LogP contribution in [0.2, 0.25) is 0 Å². The van der Waals surface area contributed by atoms with E-state index in [-0.39, 0.29) is 11.5 Å². The molecule has 0 saturated carbocycles. The smallest absolute Gasteiger partial charge is 0.373 e. The molecular weight excluding hydrogens is 321 g/mol. The van der Waals surface area contributed by atoms with Crippen molar-refractivity contribution in [2.45, 2.75) is 44.4 Å². The van der Waals surface area contributed by atoms with Gasteiger partial charge < -0.3 is 9.64 Å². The highest BCUT2D eigenvalue weighted by Crippen LogP contribution is 2.28. The molecule has 2 saturated heterocycles. The first kappa shape index (κ1) is 17.2. The third-order valence-corrected chi connectivity index (χ3v) is 4.74. The topological polar surface area (TPSA) is 45.7 Å². The Kier molecular flexibility index (Phi) is 5.08. The lowest BCUT2D eigenvalue weighted by molar-refractivity contribution is -0.141. The number of alkyl halides is 3. The Balaban J connectivity index is 1.47. The highest BCUT2D eigenvalue weighted by Gasteiger charge is 2.32. The monoisotopic (exact) mass is 342 g/mol. The molecule has 2 aliphatic rings. The summed E-state index contributed by atoms with van der Waals surface area (Å²) in [6, 6.07) is 2.07. The van der Waals surface area contributed by atoms with Crippen LogP contribution in [0.25, 0.3) is 0 Å². The van der Waals surface area contributed by atoms with Crippen molar-refractivity contribution in [1.29, 1.82) is 0 Å². The summed E-state index contributed by atoms with van der Waals surface area (Å²) < 4.78 is 42.7. The number of likely N-dealkylation sites (tertiary alicyclic amines) is 1. The molecule has 3 heterocycles. The molecule has 0 aromatic carbocycles. The fourth-order valence-corrected chi connectivity index (χ4v) is 3.16. The normalized spacial score (nSPS) is 21.8. The standard InChI is InChI=1S/C17H21F3N2O2/c18-17(19,20)15-5-4-13(10-21-15)16(23)22-8-6-12(7-9-22)2-1-3-14-11-24-14/h4-5,10,12,14H,1-3,6-9,11H2. The molecule has 1 aromatic heterocycles. The van der Waals surface area contributed by atoms with Crippen molar-refractivity contribution >= 4 is 5.91 Å². The first-order valence-corrected chi connectivity index (χ1v) is 8.37. The first-order valence-electron chi connectivity index (χ1n) is 8.37. The van der Waals surface area contributed by atoms with Gasteiger partial charge >= 0.3 is 6.18 Å². The minimum Gasteiger partial charge on any atom is -0.373 e. The number of pyridine rings is 1. The van der Waals surface area contributed by atoms with Gasteiger partial charge in [0.15, 0.2) is 0 Å². The molecule has 4 nitrogen and oxygen atoms in total. The zero-order chi connectivity index (χ0) is 17.2. The van der Waals surface area contributed by atoms with E-state index in [9.17, 15) is 18.0 Å². The number of hydrogen-bond donors (Lipinski definition) is 0. The van der Waals surface area contributed by atoms with Crippen LogP contribution in [0.5, 0.6) is 0 Å². The van der Waals surface area contributed by atoms with Gasteiger partial charge in [0.05, 0.1) is 18.3 Å². The van der Waals surface area contributed by atoms with Crippen LogP contribution in [0.4, 0.5) is 13.2 Å². The van der Waals surface area contributed by atoms with Crippen LogP contribution in [0.3, 0.4) is 0 Å². The maximum Gasteiger partial charge on any atom is 0.433 e. The Morgan fingerprint density at radius 3 is 2.50 bits per heavy atom. The first-order chi connectivity index (χ1) is 11.4. The average Bonchev–Trinajstić information content (AvgIpc) is 3.38. The van der Waals surface area contributed by atoms with Crippen molar-refractivity contribution < 1.29 is 22.7 Å². The lowest BCUT2D eigenvalue weighted by Gasteiger charge is -2.32. The molecule has 0 bridgehead atoms. The van der Waals surface area contributed by atoms with E-state index in [1.807, 2.05) is 0 Å². The summed E-state index contributed by atoms with van der Waals surface area (Å²) in [5, 5.41) is 0. The van der Waals surface area contributed by atoms with Gasteiger partial charge in [0.2, 0.25) is 0 Å². The second-order valence-corrected chi connectivity index (χ2v) is 6.55. The summed E-state index contributed by atoms with van der Waals surface area (Å²) in [7, 11) is 0. The molecule has 1 aromatic rings. The summed E-state index contributed by atoms with van der Waals surface area (Å²) in [6.45, 7) is 2.21. The number of amides is 1. The highest BCUT2D eigenvalue weighted by atomic mass is 19.4. The van der Waals surface area contributed by atoms with Crippen LogP contribution in [0.1, 0.15) is 48.2 Å². The third kappa shape index (κ3) is 4.47. The van der Waals surface area contributed by atoms with E-state index < -0.39 is 11.9 Å². The molecule has 132 valence electrons. The Morgan fingerprint density at radius 1 is 1.25 bits per heavy atom. The van der Waals surface area contributed by atoms with E-state index in [0.29, 0.717) is 25.1 Å². The Morgan fingerprint density at radius 2 is 1.96 bits per heavy atom. The maximum atomic E-state index is 12.5. The number of carbonyl (C=O) groups is 1. The molecule has 1 unspecified atom stereocenters. The van der Waals surface area contributed by atoms with Crippen molar-refractivity contribution in [3.8, 4) is 0 Å². The zero-order valence-electron chi connectivity index (χ0n) is 13.4. The molecule has 24 heavy (non-hydrogen) atoms. The SMILES string of the molecule is O=C(c1ccc(C(F)(F)F)nc1)N1CCC(CCCC2CO2)CC1. The van der Waals surface area contributed by atoms with Gasteiger partial charge in [0.1, 0.15) is 5.69 Å². The van der Waals surface area contributed by atoms with E-state index in [1.165, 1.54) is 6.07 Å². The van der Waals surface area contributed by atoms with Gasteiger partial charge in [-0.3, -0.25) is 9.78 Å². The average molecular weight is 342 g/mol. The summed E-state index contributed by atoms with van der Waals surface area (Å²) in [5.74, 6) is 0.389. The van der Waals surface area contributed by atoms with E-state index in [0.717, 1.165) is 51.0 Å². The molecule has 2 fully saturated rings. The quantitative estimate of drug-likeness (QED) is 0.769. The number of hydrogen-bond acceptors (Lipinski definition) is 3. The maximum absolute atomic E-state index is 12.5. The minimum absolute atomic E-state index is 0.215. The van der Waals surface area contributed by atoms with Crippen molar-refractivity contribution in [2.75, 3.05) is 19.7 Å². The minimum atomic E-state index is -4.48. The number of rotatable bonds is 5. The number of epoxide rings is 1. The van der Waals surface area contributed by atoms with E-state index in [2.05, 4.69) is 4.98 Å². The predicted molar refractivity (Wildman–Crippen MR) is 81.5 cm³/mol. The molecule has 0 radical (unpaired) electrons. The largest absolute Gasteiger partial charge is 0.433 e. The number of ether oxygens (including phenoxy) is 1. The molecule has 3 rings (SSSR count). The Labute approximate surface area is 139 Å². The second kappa shape index (κ2) is 7.09. The van der Waals surface area contributed by atoms with Crippen molar-refractivity contribution in [2.24, 2.45) is 5.92 Å². The van der Waals surface area contributed by atoms with E-state index in [1.54, 1.807) is 4.90 Å². The molecule has 0 spiro atoms. The van der Waals surface area contributed by atoms with Crippen LogP contribution in [0.15, 0.2) is 18.3 Å². The van der Waals surface area contributed by atoms with Gasteiger partial charge in [-0.25, -0.2) is 0 Å². The van der Waals surface area contributed by atoms with Gasteiger partial charge in [-0.05, 0) is 37.3 Å². The fourth-order valence-electron chi connectivity index (χ4n) is 3.16. The van der Waals surface area contributed by atoms with E-state index in [4.69, 9.17) is 4.74 Å². The number of nitrogens with zero attached hydrogens (tertiary/aromatic N) is 2. The number of piperidine rings is 1. The molecular formula is C17H21F3N2O2. The Bertz CT molecular complexity index is 562. The summed E-state index contributed by atoms with van der Waals surface area (Å²) in [5.41, 5.74) is -0.760. The van der Waals surface area contributed by atoms with Gasteiger partial charge in [-0.2, -0.15) is 13.2 Å². The molecule has 1 atom stereocenters. The van der Waals surface area contributed by atoms with Gasteiger partial charge in [-0.1, -0.05) is 12.8 Å². The number of halogens is 3. The second-order valence-electron chi connectivity index (χ2n) is 6.55. The van der Waals surface area contributed by atoms with Crippen LogP contribution < -0.4 is 0 Å². The van der Waals surface area contributed by atoms with Crippen molar-refractivity contribution in [1.82, 2.24) is 9.88 Å². The summed E-state index contributed by atoms with van der Waals surface area (Å²) in [4.78, 5) is 17.4. The third-order valence-electron chi connectivity index (χ3n) is 4.74. The summed E-state index contributed by atoms with van der Waals surface area (Å²) >= 11 is 0. The zero-order valence-corrected chi connectivity index (χ0v) is 13.4. The lowest BCUT2D eigenvalue weighted by Crippen LogP contribution is -2.38. The molecule has 7 heteroatoms. The van der Waals surface area contributed by atoms with Crippen molar-refractivity contribution in [3.05, 3.63) is 29.6 Å². The van der Waals surface area contributed by atoms with E-state index >= 15 is 0 Å². The summed E-state index contributed by atoms with van der Waals surface area (Å²) in [6.07, 6.45) is 2.35. The van der Waals surface area contributed by atoms with Crippen LogP contribution in [-0.4, -0.2) is 41.6 Å². The molecule has 2 aliphatic heterocycles.